The molecule has 0 bridgehead atoms. The number of halogens is 1. The van der Waals surface area contributed by atoms with E-state index in [1.807, 2.05) is 59.4 Å². The largest absolute Gasteiger partial charge is 0.306 e. The number of hydrogen-bond donors (Lipinski definition) is 1. The Morgan fingerprint density at radius 1 is 1.00 bits per heavy atom. The van der Waals surface area contributed by atoms with Crippen molar-refractivity contribution >= 4 is 17.2 Å². The van der Waals surface area contributed by atoms with Gasteiger partial charge in [0.1, 0.15) is 5.65 Å². The molecule has 5 heteroatoms. The van der Waals surface area contributed by atoms with Gasteiger partial charge in [0.25, 0.3) is 0 Å². The van der Waals surface area contributed by atoms with Crippen molar-refractivity contribution < 1.29 is 0 Å². The van der Waals surface area contributed by atoms with Crippen LogP contribution in [0.15, 0.2) is 61.2 Å². The molecule has 0 aliphatic rings. The normalized spacial score (nSPS) is 11.1. The summed E-state index contributed by atoms with van der Waals surface area (Å²) in [6.45, 7) is 0. The van der Waals surface area contributed by atoms with Gasteiger partial charge in [-0.2, -0.15) is 5.10 Å². The van der Waals surface area contributed by atoms with Gasteiger partial charge in [-0.1, -0.05) is 23.7 Å². The van der Waals surface area contributed by atoms with Gasteiger partial charge in [0.05, 0.1) is 11.9 Å². The third kappa shape index (κ3) is 2.10. The molecule has 102 valence electrons. The Kier molecular flexibility index (Phi) is 2.75. The van der Waals surface area contributed by atoms with Gasteiger partial charge in [0.2, 0.25) is 0 Å². The third-order valence-corrected chi connectivity index (χ3v) is 3.72. The van der Waals surface area contributed by atoms with Crippen molar-refractivity contribution in [1.29, 1.82) is 0 Å². The van der Waals surface area contributed by atoms with Crippen LogP contribution in [0.5, 0.6) is 0 Å². The van der Waals surface area contributed by atoms with Crippen molar-refractivity contribution in [3.8, 4) is 22.4 Å². The van der Waals surface area contributed by atoms with Crippen molar-refractivity contribution in [1.82, 2.24) is 19.6 Å². The van der Waals surface area contributed by atoms with E-state index in [1.165, 1.54) is 0 Å². The average molecular weight is 295 g/mol. The molecule has 1 N–H and O–H groups in total. The molecule has 3 aromatic heterocycles. The van der Waals surface area contributed by atoms with E-state index >= 15 is 0 Å². The van der Waals surface area contributed by atoms with Gasteiger partial charge in [-0.05, 0) is 24.3 Å². The SMILES string of the molecule is Clc1ccc(-c2[nH]ncc2-c2ccc3nccn3c2)cc1. The number of aromatic amines is 1. The fourth-order valence-corrected chi connectivity index (χ4v) is 2.55. The predicted molar refractivity (Wildman–Crippen MR) is 83.2 cm³/mol. The number of hydrogen-bond acceptors (Lipinski definition) is 2. The molecule has 0 fully saturated rings. The van der Waals surface area contributed by atoms with Gasteiger partial charge in [-0.15, -0.1) is 0 Å². The summed E-state index contributed by atoms with van der Waals surface area (Å²) in [6, 6.07) is 11.8. The van der Waals surface area contributed by atoms with E-state index in [0.29, 0.717) is 0 Å². The summed E-state index contributed by atoms with van der Waals surface area (Å²) in [5.41, 5.74) is 5.09. The van der Waals surface area contributed by atoms with Crippen molar-refractivity contribution in [2.24, 2.45) is 0 Å². The minimum absolute atomic E-state index is 0.722. The zero-order chi connectivity index (χ0) is 14.2. The minimum Gasteiger partial charge on any atom is -0.306 e. The standard InChI is InChI=1S/C16H11ClN4/c17-13-4-1-11(2-5-13)16-14(9-19-20-16)12-3-6-15-18-7-8-21(15)10-12/h1-10H,(H,19,20). The maximum Gasteiger partial charge on any atom is 0.136 e. The third-order valence-electron chi connectivity index (χ3n) is 3.47. The van der Waals surface area contributed by atoms with Crippen LogP contribution in [0, 0.1) is 0 Å². The molecule has 4 rings (SSSR count). The predicted octanol–water partition coefficient (Wildman–Crippen LogP) is 4.04. The van der Waals surface area contributed by atoms with E-state index < -0.39 is 0 Å². The van der Waals surface area contributed by atoms with Crippen LogP contribution in [0.25, 0.3) is 28.0 Å². The zero-order valence-corrected chi connectivity index (χ0v) is 11.7. The van der Waals surface area contributed by atoms with E-state index in [4.69, 9.17) is 11.6 Å². The highest BCUT2D eigenvalue weighted by Crippen LogP contribution is 2.30. The van der Waals surface area contributed by atoms with E-state index in [-0.39, 0.29) is 0 Å². The molecule has 0 unspecified atom stereocenters. The van der Waals surface area contributed by atoms with E-state index in [2.05, 4.69) is 15.2 Å². The summed E-state index contributed by atoms with van der Waals surface area (Å²) in [4.78, 5) is 4.26. The first-order chi connectivity index (χ1) is 10.3. The molecule has 4 aromatic rings. The van der Waals surface area contributed by atoms with Crippen LogP contribution in [-0.4, -0.2) is 19.6 Å². The van der Waals surface area contributed by atoms with Gasteiger partial charge >= 0.3 is 0 Å². The van der Waals surface area contributed by atoms with Gasteiger partial charge in [0.15, 0.2) is 0 Å². The summed E-state index contributed by atoms with van der Waals surface area (Å²) in [5, 5.41) is 7.97. The summed E-state index contributed by atoms with van der Waals surface area (Å²) in [6.07, 6.45) is 7.60. The number of fused-ring (bicyclic) bond motifs is 1. The zero-order valence-electron chi connectivity index (χ0n) is 11.0. The van der Waals surface area contributed by atoms with Gasteiger partial charge in [0, 0.05) is 40.3 Å². The lowest BCUT2D eigenvalue weighted by Crippen LogP contribution is -1.87. The first-order valence-electron chi connectivity index (χ1n) is 6.54. The van der Waals surface area contributed by atoms with Crippen LogP contribution in [0.1, 0.15) is 0 Å². The number of pyridine rings is 1. The molecule has 0 aliphatic carbocycles. The van der Waals surface area contributed by atoms with Crippen LogP contribution < -0.4 is 0 Å². The molecule has 0 radical (unpaired) electrons. The number of imidazole rings is 1. The molecular weight excluding hydrogens is 284 g/mol. The first-order valence-corrected chi connectivity index (χ1v) is 6.91. The minimum atomic E-state index is 0.722. The van der Waals surface area contributed by atoms with Gasteiger partial charge in [-0.3, -0.25) is 5.10 Å². The van der Waals surface area contributed by atoms with E-state index in [1.54, 1.807) is 6.20 Å². The first kappa shape index (κ1) is 12.2. The summed E-state index contributed by atoms with van der Waals surface area (Å²) in [5.74, 6) is 0. The highest BCUT2D eigenvalue weighted by atomic mass is 35.5. The Morgan fingerprint density at radius 2 is 1.81 bits per heavy atom. The van der Waals surface area contributed by atoms with Crippen LogP contribution in [0.2, 0.25) is 5.02 Å². The number of benzene rings is 1. The molecule has 0 saturated heterocycles. The smallest absolute Gasteiger partial charge is 0.136 e. The molecule has 3 heterocycles. The van der Waals surface area contributed by atoms with Crippen LogP contribution in [0.4, 0.5) is 0 Å². The van der Waals surface area contributed by atoms with Crippen molar-refractivity contribution in [2.45, 2.75) is 0 Å². The molecule has 0 saturated carbocycles. The Balaban J connectivity index is 1.85. The van der Waals surface area contributed by atoms with Crippen molar-refractivity contribution in [3.63, 3.8) is 0 Å². The van der Waals surface area contributed by atoms with Crippen LogP contribution >= 0.6 is 11.6 Å². The fourth-order valence-electron chi connectivity index (χ4n) is 2.42. The van der Waals surface area contributed by atoms with Crippen molar-refractivity contribution in [3.05, 3.63) is 66.2 Å². The average Bonchev–Trinajstić information content (AvgIpc) is 3.16. The molecule has 1 aromatic carbocycles. The molecular formula is C16H11ClN4. The topological polar surface area (TPSA) is 46.0 Å². The number of rotatable bonds is 2. The van der Waals surface area contributed by atoms with E-state index in [9.17, 15) is 0 Å². The second-order valence-corrected chi connectivity index (χ2v) is 5.21. The Hall–Kier alpha value is -2.59. The molecule has 0 aliphatic heterocycles. The number of aromatic nitrogens is 4. The molecule has 0 atom stereocenters. The number of nitrogens with one attached hydrogen (secondary N) is 1. The van der Waals surface area contributed by atoms with Gasteiger partial charge < -0.3 is 4.40 Å². The second-order valence-electron chi connectivity index (χ2n) is 4.78. The maximum absolute atomic E-state index is 5.95. The second kappa shape index (κ2) is 4.75. The maximum atomic E-state index is 5.95. The number of nitrogens with zero attached hydrogens (tertiary/aromatic N) is 3. The summed E-state index contributed by atoms with van der Waals surface area (Å²) >= 11 is 5.95. The highest BCUT2D eigenvalue weighted by Gasteiger charge is 2.10. The van der Waals surface area contributed by atoms with Gasteiger partial charge in [-0.25, -0.2) is 4.98 Å². The molecule has 0 amide bonds. The van der Waals surface area contributed by atoms with Crippen molar-refractivity contribution in [2.75, 3.05) is 0 Å². The quantitative estimate of drug-likeness (QED) is 0.606. The lowest BCUT2D eigenvalue weighted by molar-refractivity contribution is 1.10. The Morgan fingerprint density at radius 3 is 2.67 bits per heavy atom. The summed E-state index contributed by atoms with van der Waals surface area (Å²) < 4.78 is 1.99. The lowest BCUT2D eigenvalue weighted by atomic mass is 10.0. The Bertz CT molecular complexity index is 905. The van der Waals surface area contributed by atoms with Crippen LogP contribution in [-0.2, 0) is 0 Å². The number of H-pyrrole nitrogens is 1. The molecule has 4 nitrogen and oxygen atoms in total. The van der Waals surface area contributed by atoms with E-state index in [0.717, 1.165) is 33.1 Å². The fraction of sp³-hybridized carbons (Fsp3) is 0. The highest BCUT2D eigenvalue weighted by molar-refractivity contribution is 6.30. The molecule has 21 heavy (non-hydrogen) atoms. The lowest BCUT2D eigenvalue weighted by Gasteiger charge is -2.05. The Labute approximate surface area is 126 Å². The monoisotopic (exact) mass is 294 g/mol. The molecule has 0 spiro atoms. The van der Waals surface area contributed by atoms with Crippen LogP contribution in [0.3, 0.4) is 0 Å². The summed E-state index contributed by atoms with van der Waals surface area (Å²) in [7, 11) is 0.